The Morgan fingerprint density at radius 2 is 2.13 bits per heavy atom. The Hall–Kier alpha value is -1.64. The predicted octanol–water partition coefficient (Wildman–Crippen LogP) is 2.78. The summed E-state index contributed by atoms with van der Waals surface area (Å²) < 4.78 is 13.5. The Morgan fingerprint density at radius 3 is 2.67 bits per heavy atom. The summed E-state index contributed by atoms with van der Waals surface area (Å²) in [6.07, 6.45) is 2.25. The van der Waals surface area contributed by atoms with Crippen LogP contribution in [0.3, 0.4) is 0 Å². The summed E-state index contributed by atoms with van der Waals surface area (Å²) in [5.41, 5.74) is 2.60. The number of hydrogen-bond acceptors (Lipinski definition) is 2. The molecule has 0 aliphatic heterocycles. The molecule has 15 heavy (non-hydrogen) atoms. The summed E-state index contributed by atoms with van der Waals surface area (Å²) in [6, 6.07) is 3.11. The van der Waals surface area contributed by atoms with Crippen molar-refractivity contribution >= 4 is 18.0 Å². The van der Waals surface area contributed by atoms with E-state index in [2.05, 4.69) is 5.32 Å². The van der Waals surface area contributed by atoms with E-state index in [0.717, 1.165) is 11.3 Å². The zero-order valence-electron chi connectivity index (χ0n) is 9.10. The second-order valence-corrected chi connectivity index (χ2v) is 3.41. The third-order valence-electron chi connectivity index (χ3n) is 2.21. The van der Waals surface area contributed by atoms with E-state index in [1.165, 1.54) is 6.07 Å². The van der Waals surface area contributed by atoms with Gasteiger partial charge in [-0.05, 0) is 37.1 Å². The molecule has 0 bridgehead atoms. The van der Waals surface area contributed by atoms with Crippen LogP contribution in [-0.2, 0) is 4.79 Å². The minimum Gasteiger partial charge on any atom is -0.387 e. The van der Waals surface area contributed by atoms with Crippen molar-refractivity contribution in [3.05, 3.63) is 34.6 Å². The molecule has 0 aliphatic carbocycles. The molecule has 3 heteroatoms. The molecule has 0 amide bonds. The van der Waals surface area contributed by atoms with Crippen molar-refractivity contribution in [2.24, 2.45) is 0 Å². The van der Waals surface area contributed by atoms with E-state index in [9.17, 15) is 9.18 Å². The van der Waals surface area contributed by atoms with Crippen molar-refractivity contribution < 1.29 is 9.18 Å². The maximum Gasteiger partial charge on any atom is 0.145 e. The molecule has 0 unspecified atom stereocenters. The van der Waals surface area contributed by atoms with Crippen LogP contribution in [0.15, 0.2) is 17.7 Å². The second kappa shape index (κ2) is 4.73. The van der Waals surface area contributed by atoms with Crippen molar-refractivity contribution in [1.29, 1.82) is 0 Å². The molecule has 0 heterocycles. The van der Waals surface area contributed by atoms with Gasteiger partial charge in [0.15, 0.2) is 0 Å². The van der Waals surface area contributed by atoms with Crippen LogP contribution in [0, 0.1) is 12.7 Å². The molecule has 1 aromatic carbocycles. The molecule has 0 saturated heterocycles. The van der Waals surface area contributed by atoms with Crippen LogP contribution in [0.4, 0.5) is 10.1 Å². The fourth-order valence-corrected chi connectivity index (χ4v) is 1.44. The van der Waals surface area contributed by atoms with Gasteiger partial charge < -0.3 is 5.32 Å². The number of halogens is 1. The molecule has 0 radical (unpaired) electrons. The number of allylic oxidation sites excluding steroid dienone is 1. The van der Waals surface area contributed by atoms with Crippen molar-refractivity contribution in [1.82, 2.24) is 0 Å². The van der Waals surface area contributed by atoms with Crippen molar-refractivity contribution in [2.75, 3.05) is 12.4 Å². The summed E-state index contributed by atoms with van der Waals surface area (Å²) in [5, 5.41) is 2.93. The van der Waals surface area contributed by atoms with E-state index in [4.69, 9.17) is 0 Å². The van der Waals surface area contributed by atoms with Gasteiger partial charge in [0.25, 0.3) is 0 Å². The average molecular weight is 207 g/mol. The smallest absolute Gasteiger partial charge is 0.145 e. The van der Waals surface area contributed by atoms with Gasteiger partial charge in [-0.25, -0.2) is 4.39 Å². The van der Waals surface area contributed by atoms with Gasteiger partial charge in [-0.15, -0.1) is 0 Å². The van der Waals surface area contributed by atoms with Crippen LogP contribution in [0.5, 0.6) is 0 Å². The molecule has 0 spiro atoms. The first-order chi connectivity index (χ1) is 7.10. The largest absolute Gasteiger partial charge is 0.387 e. The van der Waals surface area contributed by atoms with Gasteiger partial charge >= 0.3 is 0 Å². The highest BCUT2D eigenvalue weighted by molar-refractivity contribution is 5.84. The maximum absolute atomic E-state index is 13.5. The van der Waals surface area contributed by atoms with E-state index in [1.54, 1.807) is 26.1 Å². The van der Waals surface area contributed by atoms with Gasteiger partial charge in [-0.2, -0.15) is 0 Å². The second-order valence-electron chi connectivity index (χ2n) is 3.41. The zero-order chi connectivity index (χ0) is 11.4. The van der Waals surface area contributed by atoms with Crippen LogP contribution < -0.4 is 5.32 Å². The summed E-state index contributed by atoms with van der Waals surface area (Å²) in [6.45, 7) is 3.53. The monoisotopic (exact) mass is 207 g/mol. The van der Waals surface area contributed by atoms with Gasteiger partial charge in [0.2, 0.25) is 0 Å². The molecular weight excluding hydrogens is 193 g/mol. The topological polar surface area (TPSA) is 29.1 Å². The van der Waals surface area contributed by atoms with Crippen molar-refractivity contribution in [3.8, 4) is 0 Å². The number of anilines is 1. The molecule has 0 aromatic heterocycles. The molecule has 2 nitrogen and oxygen atoms in total. The van der Waals surface area contributed by atoms with E-state index in [0.29, 0.717) is 17.4 Å². The number of carbonyl (C=O) groups excluding carboxylic acids is 1. The van der Waals surface area contributed by atoms with Gasteiger partial charge in [-0.3, -0.25) is 4.79 Å². The number of carbonyl (C=O) groups is 1. The summed E-state index contributed by atoms with van der Waals surface area (Å²) in [7, 11) is 1.73. The van der Waals surface area contributed by atoms with Crippen LogP contribution in [0.1, 0.15) is 18.1 Å². The van der Waals surface area contributed by atoms with Gasteiger partial charge in [-0.1, -0.05) is 6.07 Å². The van der Waals surface area contributed by atoms with E-state index in [1.807, 2.05) is 6.92 Å². The quantitative estimate of drug-likeness (QED) is 0.610. The number of benzene rings is 1. The first kappa shape index (κ1) is 11.4. The number of nitrogens with one attached hydrogen (secondary N) is 1. The lowest BCUT2D eigenvalue weighted by Crippen LogP contribution is -1.98. The van der Waals surface area contributed by atoms with Crippen LogP contribution in [0.2, 0.25) is 0 Å². The summed E-state index contributed by atoms with van der Waals surface area (Å²) in [5.74, 6) is -0.328. The Balaban J connectivity index is 3.37. The lowest BCUT2D eigenvalue weighted by molar-refractivity contribution is -0.104. The van der Waals surface area contributed by atoms with Gasteiger partial charge in [0.05, 0.1) is 0 Å². The van der Waals surface area contributed by atoms with Gasteiger partial charge in [0.1, 0.15) is 12.1 Å². The number of hydrogen-bond donors (Lipinski definition) is 1. The highest BCUT2D eigenvalue weighted by Gasteiger charge is 2.07. The normalized spacial score (nSPS) is 11.3. The minimum atomic E-state index is -0.328. The Morgan fingerprint density at radius 1 is 1.47 bits per heavy atom. The SMILES string of the molecule is CNc1c(C)ccc(F)c1/C=C(/C)C=O. The summed E-state index contributed by atoms with van der Waals surface area (Å²) >= 11 is 0. The predicted molar refractivity (Wildman–Crippen MR) is 60.4 cm³/mol. The lowest BCUT2D eigenvalue weighted by atomic mass is 10.1. The molecule has 1 aromatic rings. The van der Waals surface area contributed by atoms with E-state index < -0.39 is 0 Å². The molecular formula is C12H14FNO. The van der Waals surface area contributed by atoms with Crippen molar-refractivity contribution in [2.45, 2.75) is 13.8 Å². The maximum atomic E-state index is 13.5. The third kappa shape index (κ3) is 2.43. The fourth-order valence-electron chi connectivity index (χ4n) is 1.44. The van der Waals surface area contributed by atoms with E-state index >= 15 is 0 Å². The molecule has 0 saturated carbocycles. The van der Waals surface area contributed by atoms with Crippen molar-refractivity contribution in [3.63, 3.8) is 0 Å². The molecule has 1 N–H and O–H groups in total. The molecule has 0 fully saturated rings. The molecule has 0 atom stereocenters. The standard InChI is InChI=1S/C12H14FNO/c1-8(7-15)6-10-11(13)5-4-9(2)12(10)14-3/h4-7,14H,1-3H3/b8-6-. The highest BCUT2D eigenvalue weighted by atomic mass is 19.1. The first-order valence-corrected chi connectivity index (χ1v) is 4.70. The Labute approximate surface area is 88.8 Å². The fraction of sp³-hybridized carbons (Fsp3) is 0.250. The van der Waals surface area contributed by atoms with Gasteiger partial charge in [0, 0.05) is 18.3 Å². The molecule has 80 valence electrons. The summed E-state index contributed by atoms with van der Waals surface area (Å²) in [4.78, 5) is 10.5. The third-order valence-corrected chi connectivity index (χ3v) is 2.21. The van der Waals surface area contributed by atoms with Crippen LogP contribution in [-0.4, -0.2) is 13.3 Å². The lowest BCUT2D eigenvalue weighted by Gasteiger charge is -2.10. The molecule has 0 aliphatic rings. The highest BCUT2D eigenvalue weighted by Crippen LogP contribution is 2.25. The number of rotatable bonds is 3. The van der Waals surface area contributed by atoms with Crippen LogP contribution in [0.25, 0.3) is 6.08 Å². The Bertz CT molecular complexity index is 410. The molecule has 1 rings (SSSR count). The van der Waals surface area contributed by atoms with E-state index in [-0.39, 0.29) is 5.82 Å². The first-order valence-electron chi connectivity index (χ1n) is 4.70. The minimum absolute atomic E-state index is 0.328. The van der Waals surface area contributed by atoms with Crippen LogP contribution >= 0.6 is 0 Å². The number of aryl methyl sites for hydroxylation is 1. The Kier molecular flexibility index (Phi) is 3.61. The number of aldehydes is 1. The zero-order valence-corrected chi connectivity index (χ0v) is 9.10. The average Bonchev–Trinajstić information content (AvgIpc) is 2.23.